The van der Waals surface area contributed by atoms with Crippen molar-refractivity contribution >= 4 is 17.6 Å². The monoisotopic (exact) mass is 329 g/mol. The Kier molecular flexibility index (Phi) is 5.23. The first kappa shape index (κ1) is 17.5. The molecular formula is C17H23N5O2. The lowest BCUT2D eigenvalue weighted by molar-refractivity contribution is 0.406. The molecule has 2 rings (SSSR count). The number of aromatic amines is 1. The van der Waals surface area contributed by atoms with E-state index in [1.807, 2.05) is 12.1 Å². The number of nitrogens with zero attached hydrogens (tertiary/aromatic N) is 2. The summed E-state index contributed by atoms with van der Waals surface area (Å²) in [6.07, 6.45) is 0.707. The second-order valence-electron chi connectivity index (χ2n) is 6.66. The summed E-state index contributed by atoms with van der Waals surface area (Å²) in [5.74, 6) is 1.06. The number of nitrogens with two attached hydrogens (primary N) is 1. The Morgan fingerprint density at radius 3 is 2.58 bits per heavy atom. The Morgan fingerprint density at radius 2 is 2.00 bits per heavy atom. The molecule has 0 amide bonds. The summed E-state index contributed by atoms with van der Waals surface area (Å²) in [4.78, 5) is 22.7. The van der Waals surface area contributed by atoms with Gasteiger partial charge in [0.15, 0.2) is 0 Å². The van der Waals surface area contributed by atoms with Crippen LogP contribution in [0.4, 0.5) is 11.6 Å². The van der Waals surface area contributed by atoms with E-state index >= 15 is 0 Å². The highest BCUT2D eigenvalue weighted by atomic mass is 16.5. The quantitative estimate of drug-likeness (QED) is 0.590. The molecular weight excluding hydrogens is 306 g/mol. The van der Waals surface area contributed by atoms with Crippen molar-refractivity contribution in [3.8, 4) is 5.75 Å². The van der Waals surface area contributed by atoms with Crippen molar-refractivity contribution in [1.82, 2.24) is 9.97 Å². The van der Waals surface area contributed by atoms with Crippen LogP contribution in [-0.4, -0.2) is 23.0 Å². The lowest BCUT2D eigenvalue weighted by Gasteiger charge is -2.17. The van der Waals surface area contributed by atoms with Crippen LogP contribution in [-0.2, 0) is 6.42 Å². The van der Waals surface area contributed by atoms with E-state index in [9.17, 15) is 4.79 Å². The van der Waals surface area contributed by atoms with Gasteiger partial charge < -0.3 is 20.8 Å². The predicted octanol–water partition coefficient (Wildman–Crippen LogP) is 2.43. The van der Waals surface area contributed by atoms with Crippen molar-refractivity contribution in [3.05, 3.63) is 46.4 Å². The molecule has 0 unspecified atom stereocenters. The number of hydrogen-bond acceptors (Lipinski definition) is 4. The zero-order valence-electron chi connectivity index (χ0n) is 14.4. The maximum absolute atomic E-state index is 11.7. The van der Waals surface area contributed by atoms with Gasteiger partial charge in [-0.2, -0.15) is 9.98 Å². The smallest absolute Gasteiger partial charge is 0.274 e. The van der Waals surface area contributed by atoms with E-state index in [0.717, 1.165) is 17.1 Å². The Balaban J connectivity index is 2.17. The summed E-state index contributed by atoms with van der Waals surface area (Å²) < 4.78 is 5.10. The molecule has 0 bridgehead atoms. The van der Waals surface area contributed by atoms with Gasteiger partial charge in [0.25, 0.3) is 5.56 Å². The third-order valence-electron chi connectivity index (χ3n) is 3.10. The zero-order chi connectivity index (χ0) is 17.7. The van der Waals surface area contributed by atoms with Gasteiger partial charge >= 0.3 is 0 Å². The minimum absolute atomic E-state index is 0.0398. The summed E-state index contributed by atoms with van der Waals surface area (Å²) in [6, 6.07) is 8.72. The van der Waals surface area contributed by atoms with Gasteiger partial charge in [-0.1, -0.05) is 20.8 Å². The number of rotatable bonds is 4. The van der Waals surface area contributed by atoms with E-state index in [-0.39, 0.29) is 22.9 Å². The van der Waals surface area contributed by atoms with Crippen LogP contribution >= 0.6 is 0 Å². The second-order valence-corrected chi connectivity index (χ2v) is 6.66. The minimum atomic E-state index is -0.344. The van der Waals surface area contributed by atoms with Crippen LogP contribution in [0.15, 0.2) is 40.1 Å². The van der Waals surface area contributed by atoms with Crippen LogP contribution in [0.3, 0.4) is 0 Å². The molecule has 0 aliphatic rings. The fourth-order valence-electron chi connectivity index (χ4n) is 2.18. The summed E-state index contributed by atoms with van der Waals surface area (Å²) in [5, 5.41) is 2.94. The van der Waals surface area contributed by atoms with Crippen LogP contribution in [0.5, 0.6) is 5.75 Å². The van der Waals surface area contributed by atoms with Crippen LogP contribution in [0.25, 0.3) is 0 Å². The lowest BCUT2D eigenvalue weighted by atomic mass is 9.90. The van der Waals surface area contributed by atoms with E-state index in [1.54, 1.807) is 19.2 Å². The molecule has 0 aliphatic carbocycles. The normalized spacial score (nSPS) is 12.1. The summed E-state index contributed by atoms with van der Waals surface area (Å²) >= 11 is 0. The average molecular weight is 329 g/mol. The highest BCUT2D eigenvalue weighted by Crippen LogP contribution is 2.19. The number of ether oxygens (including phenoxy) is 1. The molecule has 7 heteroatoms. The Morgan fingerprint density at radius 1 is 1.33 bits per heavy atom. The topological polar surface area (TPSA) is 105 Å². The standard InChI is InChI=1S/C17H23N5O2/c1-17(2,3)10-12-9-14(23)21-16(20-12)22-15(18)19-11-5-7-13(24-4)8-6-11/h5-9H,10H2,1-4H3,(H4,18,19,20,21,22,23). The fourth-order valence-corrected chi connectivity index (χ4v) is 2.18. The van der Waals surface area contributed by atoms with Gasteiger partial charge in [-0.05, 0) is 36.1 Å². The molecule has 1 aromatic heterocycles. The molecule has 0 aliphatic heterocycles. The first-order chi connectivity index (χ1) is 11.2. The van der Waals surface area contributed by atoms with E-state index in [1.165, 1.54) is 6.07 Å². The van der Waals surface area contributed by atoms with Crippen LogP contribution in [0, 0.1) is 5.41 Å². The summed E-state index contributed by atoms with van der Waals surface area (Å²) in [5.41, 5.74) is 7.11. The van der Waals surface area contributed by atoms with Gasteiger partial charge in [0, 0.05) is 17.4 Å². The molecule has 24 heavy (non-hydrogen) atoms. The molecule has 128 valence electrons. The van der Waals surface area contributed by atoms with Gasteiger partial charge in [-0.15, -0.1) is 0 Å². The van der Waals surface area contributed by atoms with Crippen LogP contribution in [0.2, 0.25) is 0 Å². The van der Waals surface area contributed by atoms with Gasteiger partial charge in [-0.3, -0.25) is 4.79 Å². The van der Waals surface area contributed by atoms with Crippen molar-refractivity contribution in [2.24, 2.45) is 16.1 Å². The van der Waals surface area contributed by atoms with Gasteiger partial charge in [0.1, 0.15) is 5.75 Å². The third kappa shape index (κ3) is 5.42. The lowest BCUT2D eigenvalue weighted by Crippen LogP contribution is -2.23. The molecule has 0 atom stereocenters. The van der Waals surface area contributed by atoms with Gasteiger partial charge in [0.05, 0.1) is 7.11 Å². The first-order valence-electron chi connectivity index (χ1n) is 7.61. The maximum Gasteiger partial charge on any atom is 0.274 e. The van der Waals surface area contributed by atoms with Crippen molar-refractivity contribution in [1.29, 1.82) is 0 Å². The largest absolute Gasteiger partial charge is 0.497 e. The van der Waals surface area contributed by atoms with Gasteiger partial charge in [0.2, 0.25) is 11.9 Å². The number of aliphatic imine (C=N–C) groups is 1. The number of hydrogen-bond donors (Lipinski definition) is 3. The highest BCUT2D eigenvalue weighted by Gasteiger charge is 2.13. The van der Waals surface area contributed by atoms with Crippen LogP contribution < -0.4 is 21.3 Å². The number of H-pyrrole nitrogens is 1. The minimum Gasteiger partial charge on any atom is -0.497 e. The molecule has 1 heterocycles. The molecule has 7 nitrogen and oxygen atoms in total. The predicted molar refractivity (Wildman–Crippen MR) is 95.9 cm³/mol. The Bertz CT molecular complexity index is 773. The fraction of sp³-hybridized carbons (Fsp3) is 0.353. The molecule has 2 aromatic rings. The van der Waals surface area contributed by atoms with E-state index in [4.69, 9.17) is 10.5 Å². The number of guanidine groups is 1. The number of aromatic nitrogens is 2. The molecule has 0 spiro atoms. The summed E-state index contributed by atoms with van der Waals surface area (Å²) in [6.45, 7) is 6.27. The maximum atomic E-state index is 11.7. The Labute approximate surface area is 141 Å². The Hall–Kier alpha value is -2.83. The van der Waals surface area contributed by atoms with E-state index in [2.05, 4.69) is 41.0 Å². The van der Waals surface area contributed by atoms with Gasteiger partial charge in [-0.25, -0.2) is 0 Å². The molecule has 4 N–H and O–H groups in total. The van der Waals surface area contributed by atoms with Crippen LogP contribution in [0.1, 0.15) is 26.5 Å². The van der Waals surface area contributed by atoms with E-state index < -0.39 is 0 Å². The first-order valence-corrected chi connectivity index (χ1v) is 7.61. The molecule has 0 saturated carbocycles. The van der Waals surface area contributed by atoms with Crippen molar-refractivity contribution in [3.63, 3.8) is 0 Å². The second kappa shape index (κ2) is 7.16. The zero-order valence-corrected chi connectivity index (χ0v) is 14.4. The van der Waals surface area contributed by atoms with Crippen molar-refractivity contribution in [2.45, 2.75) is 27.2 Å². The molecule has 0 fully saturated rings. The molecule has 0 saturated heterocycles. The van der Waals surface area contributed by atoms with Crippen molar-refractivity contribution in [2.75, 3.05) is 12.4 Å². The molecule has 1 aromatic carbocycles. The summed E-state index contributed by atoms with van der Waals surface area (Å²) in [7, 11) is 1.60. The third-order valence-corrected chi connectivity index (χ3v) is 3.10. The highest BCUT2D eigenvalue weighted by molar-refractivity contribution is 5.93. The van der Waals surface area contributed by atoms with E-state index in [0.29, 0.717) is 6.42 Å². The number of nitrogens with one attached hydrogen (secondary N) is 2. The average Bonchev–Trinajstić information content (AvgIpc) is 2.45. The van der Waals surface area contributed by atoms with Crippen molar-refractivity contribution < 1.29 is 4.74 Å². The number of anilines is 1. The SMILES string of the molecule is COc1ccc(N/C(N)=N/c2nc(=O)cc(CC(C)(C)C)[nH]2)cc1. The number of methoxy groups -OCH3 is 1. The molecule has 0 radical (unpaired) electrons. The number of benzene rings is 1.